The Hall–Kier alpha value is -2.81. The minimum Gasteiger partial charge on any atom is -0.508 e. The molecule has 0 amide bonds. The lowest BCUT2D eigenvalue weighted by Gasteiger charge is -2.42. The van der Waals surface area contributed by atoms with Crippen molar-refractivity contribution in [1.82, 2.24) is 0 Å². The van der Waals surface area contributed by atoms with Gasteiger partial charge in [-0.15, -0.1) is 0 Å². The Kier molecular flexibility index (Phi) is 8.07. The number of rotatable bonds is 8. The highest BCUT2D eigenvalue weighted by Gasteiger charge is 2.53. The molecule has 4 rings (SSSR count). The number of aromatic hydroxyl groups is 1. The molecule has 8 atom stereocenters. The van der Waals surface area contributed by atoms with Crippen molar-refractivity contribution in [2.75, 3.05) is 19.8 Å². The number of aliphatic hydroxyl groups excluding tert-OH is 4. The lowest BCUT2D eigenvalue weighted by molar-refractivity contribution is -0.318. The van der Waals surface area contributed by atoms with E-state index in [0.717, 1.165) is 0 Å². The zero-order valence-corrected chi connectivity index (χ0v) is 19.0. The van der Waals surface area contributed by atoms with Crippen LogP contribution in [-0.4, -0.2) is 105 Å². The van der Waals surface area contributed by atoms with Gasteiger partial charge in [-0.1, -0.05) is 18.2 Å². The number of phenols is 1. The molecule has 2 aliphatic heterocycles. The molecule has 196 valence electrons. The fraction of sp³-hybridized carbons (Fsp3) is 0.458. The van der Waals surface area contributed by atoms with E-state index >= 15 is 0 Å². The van der Waals surface area contributed by atoms with Crippen molar-refractivity contribution >= 4 is 5.97 Å². The average Bonchev–Trinajstić information content (AvgIpc) is 3.18. The smallest absolute Gasteiger partial charge is 0.338 e. The molecule has 6 N–H and O–H groups in total. The minimum absolute atomic E-state index is 0.0216. The molecule has 2 aromatic carbocycles. The second kappa shape index (κ2) is 11.1. The molecule has 0 spiro atoms. The molecule has 36 heavy (non-hydrogen) atoms. The molecule has 2 fully saturated rings. The Morgan fingerprint density at radius 3 is 2.33 bits per heavy atom. The summed E-state index contributed by atoms with van der Waals surface area (Å²) >= 11 is 0. The number of hydrogen-bond acceptors (Lipinski definition) is 12. The highest BCUT2D eigenvalue weighted by molar-refractivity contribution is 5.89. The van der Waals surface area contributed by atoms with Crippen molar-refractivity contribution in [3.63, 3.8) is 0 Å². The van der Waals surface area contributed by atoms with Crippen LogP contribution in [0.1, 0.15) is 10.4 Å². The van der Waals surface area contributed by atoms with Crippen LogP contribution >= 0.6 is 0 Å². The topological polar surface area (TPSA) is 185 Å². The Balaban J connectivity index is 1.50. The van der Waals surface area contributed by atoms with Crippen LogP contribution in [0.3, 0.4) is 0 Å². The molecule has 2 heterocycles. The summed E-state index contributed by atoms with van der Waals surface area (Å²) in [5.74, 6) is -0.484. The van der Waals surface area contributed by atoms with Gasteiger partial charge in [0.25, 0.3) is 0 Å². The van der Waals surface area contributed by atoms with Gasteiger partial charge in [-0.3, -0.25) is 0 Å². The number of carbonyl (C=O) groups excluding carboxylic acids is 1. The third kappa shape index (κ3) is 5.61. The van der Waals surface area contributed by atoms with Crippen LogP contribution in [0.2, 0.25) is 0 Å². The van der Waals surface area contributed by atoms with E-state index in [1.54, 1.807) is 30.3 Å². The first-order valence-electron chi connectivity index (χ1n) is 11.2. The Bertz CT molecular complexity index is 1000. The summed E-state index contributed by atoms with van der Waals surface area (Å²) < 4.78 is 27.7. The number of aliphatic hydroxyl groups is 5. The fourth-order valence-electron chi connectivity index (χ4n) is 3.82. The molecule has 0 radical (unpaired) electrons. The lowest BCUT2D eigenvalue weighted by atomic mass is 9.98. The van der Waals surface area contributed by atoms with Gasteiger partial charge in [-0.05, 0) is 36.4 Å². The number of hydrogen-bond donors (Lipinski definition) is 6. The van der Waals surface area contributed by atoms with Crippen LogP contribution in [0, 0.1) is 0 Å². The summed E-state index contributed by atoms with van der Waals surface area (Å²) in [5, 5.41) is 61.0. The van der Waals surface area contributed by atoms with Gasteiger partial charge in [0.05, 0.1) is 18.8 Å². The maximum Gasteiger partial charge on any atom is 0.338 e. The molecule has 0 aromatic heterocycles. The summed E-state index contributed by atoms with van der Waals surface area (Å²) in [5.41, 5.74) is -1.70. The standard InChI is InChI=1S/C24H28O12/c25-11-24(31)12-33-23(20(24)29)36-19-18(28)17(27)16(10-32-21(30)13-4-2-1-3-5-13)35-22(19)34-15-8-6-14(26)7-9-15/h1-9,16-20,22-23,25-29,31H,10-12H2. The van der Waals surface area contributed by atoms with Crippen LogP contribution in [0.5, 0.6) is 11.5 Å². The third-order valence-corrected chi connectivity index (χ3v) is 5.99. The van der Waals surface area contributed by atoms with Crippen LogP contribution in [-0.2, 0) is 18.9 Å². The third-order valence-electron chi connectivity index (χ3n) is 5.99. The van der Waals surface area contributed by atoms with E-state index in [1.807, 2.05) is 0 Å². The first kappa shape index (κ1) is 26.3. The monoisotopic (exact) mass is 508 g/mol. The summed E-state index contributed by atoms with van der Waals surface area (Å²) in [6, 6.07) is 13.7. The Morgan fingerprint density at radius 2 is 1.69 bits per heavy atom. The number of phenolic OH excluding ortho intramolecular Hbond substituents is 1. The van der Waals surface area contributed by atoms with Crippen molar-refractivity contribution in [1.29, 1.82) is 0 Å². The highest BCUT2D eigenvalue weighted by atomic mass is 16.8. The second-order valence-electron chi connectivity index (χ2n) is 8.59. The molecular formula is C24H28O12. The second-order valence-corrected chi connectivity index (χ2v) is 8.59. The zero-order chi connectivity index (χ0) is 25.9. The van der Waals surface area contributed by atoms with Crippen LogP contribution in [0.25, 0.3) is 0 Å². The first-order valence-corrected chi connectivity index (χ1v) is 11.2. The predicted molar refractivity (Wildman–Crippen MR) is 119 cm³/mol. The van der Waals surface area contributed by atoms with Gasteiger partial charge in [0.2, 0.25) is 6.29 Å². The lowest BCUT2D eigenvalue weighted by Crippen LogP contribution is -2.62. The van der Waals surface area contributed by atoms with Crippen molar-refractivity contribution in [3.05, 3.63) is 60.2 Å². The van der Waals surface area contributed by atoms with Crippen molar-refractivity contribution < 1.29 is 59.1 Å². The molecule has 2 saturated heterocycles. The van der Waals surface area contributed by atoms with E-state index in [4.69, 9.17) is 23.7 Å². The van der Waals surface area contributed by atoms with Gasteiger partial charge in [0, 0.05) is 0 Å². The largest absolute Gasteiger partial charge is 0.508 e. The minimum atomic E-state index is -1.98. The van der Waals surface area contributed by atoms with Crippen molar-refractivity contribution in [3.8, 4) is 11.5 Å². The van der Waals surface area contributed by atoms with Crippen LogP contribution in [0.4, 0.5) is 0 Å². The summed E-state index contributed by atoms with van der Waals surface area (Å²) in [7, 11) is 0. The number of esters is 1. The van der Waals surface area contributed by atoms with Crippen molar-refractivity contribution in [2.24, 2.45) is 0 Å². The van der Waals surface area contributed by atoms with Gasteiger partial charge in [0.15, 0.2) is 12.4 Å². The maximum atomic E-state index is 12.3. The van der Waals surface area contributed by atoms with Crippen LogP contribution < -0.4 is 4.74 Å². The molecule has 0 aliphatic carbocycles. The quantitative estimate of drug-likeness (QED) is 0.237. The Labute approximate surface area is 205 Å². The molecule has 12 heteroatoms. The van der Waals surface area contributed by atoms with Gasteiger partial charge >= 0.3 is 5.97 Å². The van der Waals surface area contributed by atoms with E-state index in [1.165, 1.54) is 24.3 Å². The molecule has 0 saturated carbocycles. The van der Waals surface area contributed by atoms with Crippen molar-refractivity contribution in [2.45, 2.75) is 48.7 Å². The van der Waals surface area contributed by atoms with E-state index in [0.29, 0.717) is 0 Å². The predicted octanol–water partition coefficient (Wildman–Crippen LogP) is -1.10. The summed E-state index contributed by atoms with van der Waals surface area (Å²) in [4.78, 5) is 12.3. The summed E-state index contributed by atoms with van der Waals surface area (Å²) in [6.45, 7) is -1.67. The van der Waals surface area contributed by atoms with Gasteiger partial charge in [-0.2, -0.15) is 0 Å². The molecule has 2 aromatic rings. The molecule has 2 aliphatic rings. The van der Waals surface area contributed by atoms with E-state index < -0.39 is 74.5 Å². The Morgan fingerprint density at radius 1 is 1.00 bits per heavy atom. The number of benzene rings is 2. The van der Waals surface area contributed by atoms with E-state index in [-0.39, 0.29) is 17.1 Å². The molecule has 0 bridgehead atoms. The van der Waals surface area contributed by atoms with E-state index in [2.05, 4.69) is 0 Å². The number of carbonyl (C=O) groups is 1. The number of ether oxygens (including phenoxy) is 5. The SMILES string of the molecule is O=C(OCC1OC(Oc2ccc(O)cc2)C(OC2OCC(O)(CO)C2O)C(O)C1O)c1ccccc1. The van der Waals surface area contributed by atoms with Gasteiger partial charge in [0.1, 0.15) is 48.1 Å². The van der Waals surface area contributed by atoms with Gasteiger partial charge < -0.3 is 54.3 Å². The van der Waals surface area contributed by atoms with E-state index in [9.17, 15) is 35.4 Å². The van der Waals surface area contributed by atoms with Crippen LogP contribution in [0.15, 0.2) is 54.6 Å². The van der Waals surface area contributed by atoms with Gasteiger partial charge in [-0.25, -0.2) is 4.79 Å². The molecule has 8 unspecified atom stereocenters. The fourth-order valence-corrected chi connectivity index (χ4v) is 3.82. The average molecular weight is 508 g/mol. The highest BCUT2D eigenvalue weighted by Crippen LogP contribution is 2.32. The molecule has 12 nitrogen and oxygen atoms in total. The zero-order valence-electron chi connectivity index (χ0n) is 19.0. The maximum absolute atomic E-state index is 12.3. The normalized spacial score (nSPS) is 34.3. The first-order chi connectivity index (χ1) is 17.2. The molecular weight excluding hydrogens is 480 g/mol. The summed E-state index contributed by atoms with van der Waals surface area (Å²) in [6.07, 6.45) is -10.5.